The smallest absolute Gasteiger partial charge is 0.412 e. The maximum Gasteiger partial charge on any atom is 0.412 e. The molecule has 0 spiro atoms. The molecular weight excluding hydrogens is 488 g/mol. The van der Waals surface area contributed by atoms with Crippen LogP contribution in [0.25, 0.3) is 0 Å². The van der Waals surface area contributed by atoms with E-state index in [1.54, 1.807) is 56.6 Å². The van der Waals surface area contributed by atoms with Crippen LogP contribution in [0.3, 0.4) is 0 Å². The standard InChI is InChI=1S/C23H34N6O6S/c1-8-28-14-20(21(26-28)27(6)7)36(32,33)29-13-17(12-24-15(2)30)34-19-10-9-16(11-18(19)29)25-22(31)35-23(3,4)5/h9-11,14,17H,8,12-13H2,1-7H3,(H,24,30)(H,25,31)/t17-/m0/s1. The molecule has 0 unspecified atom stereocenters. The Kier molecular flexibility index (Phi) is 7.72. The van der Waals surface area contributed by atoms with Gasteiger partial charge in [-0.3, -0.25) is 19.1 Å². The van der Waals surface area contributed by atoms with E-state index in [4.69, 9.17) is 9.47 Å². The normalized spacial score (nSPS) is 15.5. The first-order valence-corrected chi connectivity index (χ1v) is 13.0. The van der Waals surface area contributed by atoms with Gasteiger partial charge in [0.05, 0.1) is 18.8 Å². The number of rotatable bonds is 7. The summed E-state index contributed by atoms with van der Waals surface area (Å²) in [6.07, 6.45) is 0.187. The molecule has 2 aromatic rings. The molecule has 2 heterocycles. The molecule has 198 valence electrons. The lowest BCUT2D eigenvalue weighted by molar-refractivity contribution is -0.119. The largest absolute Gasteiger partial charge is 0.484 e. The van der Waals surface area contributed by atoms with E-state index >= 15 is 0 Å². The van der Waals surface area contributed by atoms with Gasteiger partial charge in [0.25, 0.3) is 10.0 Å². The molecule has 12 nitrogen and oxygen atoms in total. The summed E-state index contributed by atoms with van der Waals surface area (Å²) in [4.78, 5) is 25.4. The molecule has 0 fully saturated rings. The van der Waals surface area contributed by atoms with Gasteiger partial charge in [0, 0.05) is 39.4 Å². The molecule has 0 bridgehead atoms. The first kappa shape index (κ1) is 27.1. The molecule has 1 atom stereocenters. The minimum absolute atomic E-state index is 0.0333. The maximum absolute atomic E-state index is 14.0. The van der Waals surface area contributed by atoms with Crippen molar-refractivity contribution in [2.75, 3.05) is 41.7 Å². The summed E-state index contributed by atoms with van der Waals surface area (Å²) in [5, 5.41) is 9.70. The van der Waals surface area contributed by atoms with Crippen molar-refractivity contribution >= 4 is 39.2 Å². The Hall–Kier alpha value is -3.48. The van der Waals surface area contributed by atoms with E-state index in [2.05, 4.69) is 15.7 Å². The lowest BCUT2D eigenvalue weighted by Crippen LogP contribution is -2.48. The Morgan fingerprint density at radius 1 is 1.28 bits per heavy atom. The highest BCUT2D eigenvalue weighted by atomic mass is 32.2. The zero-order valence-corrected chi connectivity index (χ0v) is 22.5. The summed E-state index contributed by atoms with van der Waals surface area (Å²) in [5.74, 6) is 0.338. The maximum atomic E-state index is 14.0. The van der Waals surface area contributed by atoms with E-state index in [-0.39, 0.29) is 29.6 Å². The van der Waals surface area contributed by atoms with Crippen LogP contribution in [0.2, 0.25) is 0 Å². The fraction of sp³-hybridized carbons (Fsp3) is 0.522. The molecule has 2 amide bonds. The summed E-state index contributed by atoms with van der Waals surface area (Å²) in [7, 11) is -0.676. The second-order valence-electron chi connectivity index (χ2n) is 9.59. The van der Waals surface area contributed by atoms with Crippen molar-refractivity contribution in [3.05, 3.63) is 24.4 Å². The number of nitrogens with zero attached hydrogens (tertiary/aromatic N) is 4. The SMILES string of the molecule is CCn1cc(S(=O)(=O)N2C[C@H](CNC(C)=O)Oc3ccc(NC(=O)OC(C)(C)C)cc32)c(N(C)C)n1. The van der Waals surface area contributed by atoms with Crippen molar-refractivity contribution in [2.45, 2.75) is 57.8 Å². The zero-order chi connectivity index (χ0) is 26.8. The van der Waals surface area contributed by atoms with Crippen molar-refractivity contribution < 1.29 is 27.5 Å². The minimum atomic E-state index is -4.11. The summed E-state index contributed by atoms with van der Waals surface area (Å²) < 4.78 is 42.1. The van der Waals surface area contributed by atoms with Gasteiger partial charge in [-0.15, -0.1) is 0 Å². The minimum Gasteiger partial charge on any atom is -0.484 e. The van der Waals surface area contributed by atoms with Crippen LogP contribution in [-0.4, -0.2) is 69.1 Å². The molecule has 1 aromatic heterocycles. The van der Waals surface area contributed by atoms with Gasteiger partial charge in [0.1, 0.15) is 22.4 Å². The first-order chi connectivity index (χ1) is 16.7. The molecule has 2 N–H and O–H groups in total. The number of hydrogen-bond donors (Lipinski definition) is 2. The summed E-state index contributed by atoms with van der Waals surface area (Å²) in [5.41, 5.74) is -0.115. The van der Waals surface area contributed by atoms with E-state index in [1.165, 1.54) is 23.5 Å². The van der Waals surface area contributed by atoms with Crippen molar-refractivity contribution in [1.82, 2.24) is 15.1 Å². The van der Waals surface area contributed by atoms with Gasteiger partial charge in [0.15, 0.2) is 5.82 Å². The van der Waals surface area contributed by atoms with Crippen LogP contribution in [0.15, 0.2) is 29.3 Å². The number of carbonyl (C=O) groups is 2. The van der Waals surface area contributed by atoms with E-state index in [0.29, 0.717) is 23.8 Å². The van der Waals surface area contributed by atoms with E-state index < -0.39 is 27.8 Å². The monoisotopic (exact) mass is 522 g/mol. The Labute approximate surface area is 211 Å². The number of anilines is 3. The number of benzene rings is 1. The van der Waals surface area contributed by atoms with Gasteiger partial charge in [-0.05, 0) is 45.9 Å². The van der Waals surface area contributed by atoms with E-state index in [9.17, 15) is 18.0 Å². The van der Waals surface area contributed by atoms with Gasteiger partial charge >= 0.3 is 6.09 Å². The topological polar surface area (TPSA) is 135 Å². The Morgan fingerprint density at radius 2 is 1.97 bits per heavy atom. The number of hydrogen-bond acceptors (Lipinski definition) is 8. The number of carbonyl (C=O) groups excluding carboxylic acids is 2. The number of aryl methyl sites for hydroxylation is 1. The van der Waals surface area contributed by atoms with Gasteiger partial charge in [0.2, 0.25) is 5.91 Å². The van der Waals surface area contributed by atoms with Crippen molar-refractivity contribution in [3.63, 3.8) is 0 Å². The van der Waals surface area contributed by atoms with E-state index in [1.807, 2.05) is 6.92 Å². The Balaban J connectivity index is 2.05. The third kappa shape index (κ3) is 6.20. The predicted molar refractivity (Wildman–Crippen MR) is 136 cm³/mol. The van der Waals surface area contributed by atoms with Gasteiger partial charge in [-0.2, -0.15) is 5.10 Å². The number of aromatic nitrogens is 2. The number of ether oxygens (including phenoxy) is 2. The first-order valence-electron chi connectivity index (χ1n) is 11.5. The van der Waals surface area contributed by atoms with Crippen molar-refractivity contribution in [1.29, 1.82) is 0 Å². The second-order valence-corrected chi connectivity index (χ2v) is 11.4. The quantitative estimate of drug-likeness (QED) is 0.566. The van der Waals surface area contributed by atoms with Gasteiger partial charge in [-0.25, -0.2) is 13.2 Å². The Morgan fingerprint density at radius 3 is 2.56 bits per heavy atom. The predicted octanol–water partition coefficient (Wildman–Crippen LogP) is 2.41. The third-order valence-corrected chi connectivity index (χ3v) is 6.91. The van der Waals surface area contributed by atoms with Crippen LogP contribution in [0.4, 0.5) is 22.0 Å². The average molecular weight is 523 g/mol. The second kappa shape index (κ2) is 10.2. The zero-order valence-electron chi connectivity index (χ0n) is 21.7. The highest BCUT2D eigenvalue weighted by Crippen LogP contribution is 2.40. The van der Waals surface area contributed by atoms with Crippen LogP contribution in [0.5, 0.6) is 5.75 Å². The summed E-state index contributed by atoms with van der Waals surface area (Å²) in [6, 6.07) is 4.69. The molecule has 0 aliphatic carbocycles. The molecule has 1 aromatic carbocycles. The molecule has 0 saturated carbocycles. The van der Waals surface area contributed by atoms with Crippen LogP contribution in [-0.2, 0) is 26.1 Å². The van der Waals surface area contributed by atoms with Crippen LogP contribution >= 0.6 is 0 Å². The molecule has 3 rings (SSSR count). The molecule has 36 heavy (non-hydrogen) atoms. The summed E-state index contributed by atoms with van der Waals surface area (Å²) in [6.45, 7) is 9.03. The molecule has 1 aliphatic rings. The van der Waals surface area contributed by atoms with Crippen LogP contribution in [0, 0.1) is 0 Å². The van der Waals surface area contributed by atoms with Crippen LogP contribution < -0.4 is 24.6 Å². The fourth-order valence-corrected chi connectivity index (χ4v) is 5.28. The van der Waals surface area contributed by atoms with Gasteiger partial charge < -0.3 is 19.7 Å². The molecule has 13 heteroatoms. The average Bonchev–Trinajstić information content (AvgIpc) is 3.22. The highest BCUT2D eigenvalue weighted by molar-refractivity contribution is 7.93. The Bertz CT molecular complexity index is 1230. The summed E-state index contributed by atoms with van der Waals surface area (Å²) >= 11 is 0. The number of sulfonamides is 1. The highest BCUT2D eigenvalue weighted by Gasteiger charge is 2.38. The van der Waals surface area contributed by atoms with E-state index in [0.717, 1.165) is 0 Å². The molecule has 1 aliphatic heterocycles. The lowest BCUT2D eigenvalue weighted by atomic mass is 10.2. The molecule has 0 radical (unpaired) electrons. The third-order valence-electron chi connectivity index (χ3n) is 5.14. The van der Waals surface area contributed by atoms with Crippen molar-refractivity contribution in [2.24, 2.45) is 0 Å². The van der Waals surface area contributed by atoms with Crippen LogP contribution in [0.1, 0.15) is 34.6 Å². The number of nitrogens with one attached hydrogen (secondary N) is 2. The number of amides is 2. The van der Waals surface area contributed by atoms with Crippen molar-refractivity contribution in [3.8, 4) is 5.75 Å². The lowest BCUT2D eigenvalue weighted by Gasteiger charge is -2.35. The fourth-order valence-electron chi connectivity index (χ4n) is 3.57. The molecule has 0 saturated heterocycles. The van der Waals surface area contributed by atoms with Gasteiger partial charge in [-0.1, -0.05) is 0 Å². The number of fused-ring (bicyclic) bond motifs is 1. The molecular formula is C23H34N6O6S.